The Labute approximate surface area is 132 Å². The Morgan fingerprint density at radius 1 is 1.50 bits per heavy atom. The van der Waals surface area contributed by atoms with E-state index in [1.54, 1.807) is 6.07 Å². The Hall–Kier alpha value is -1.79. The first-order valence-corrected chi connectivity index (χ1v) is 8.17. The van der Waals surface area contributed by atoms with E-state index in [0.29, 0.717) is 12.2 Å². The van der Waals surface area contributed by atoms with E-state index in [1.807, 2.05) is 11.4 Å². The molecule has 1 aliphatic heterocycles. The molecule has 116 valence electrons. The summed E-state index contributed by atoms with van der Waals surface area (Å²) in [4.78, 5) is 16.3. The molecule has 1 saturated heterocycles. The van der Waals surface area contributed by atoms with E-state index in [2.05, 4.69) is 10.3 Å². The molecular formula is C16H17FN2O2S. The van der Waals surface area contributed by atoms with Crippen LogP contribution in [0.5, 0.6) is 0 Å². The molecule has 0 radical (unpaired) electrons. The molecule has 6 heteroatoms. The molecule has 1 aromatic heterocycles. The molecular weight excluding hydrogens is 303 g/mol. The Morgan fingerprint density at radius 3 is 3.18 bits per heavy atom. The molecule has 22 heavy (non-hydrogen) atoms. The van der Waals surface area contributed by atoms with Gasteiger partial charge in [-0.1, -0.05) is 12.1 Å². The number of amides is 1. The highest BCUT2D eigenvalue weighted by atomic mass is 32.1. The van der Waals surface area contributed by atoms with Gasteiger partial charge in [0.05, 0.1) is 18.2 Å². The van der Waals surface area contributed by atoms with Crippen LogP contribution in [0.2, 0.25) is 0 Å². The van der Waals surface area contributed by atoms with E-state index < -0.39 is 0 Å². The highest BCUT2D eigenvalue weighted by Gasteiger charge is 2.16. The van der Waals surface area contributed by atoms with Gasteiger partial charge in [0.15, 0.2) is 0 Å². The summed E-state index contributed by atoms with van der Waals surface area (Å²) in [5.41, 5.74) is 1.44. The molecule has 1 N–H and O–H groups in total. The highest BCUT2D eigenvalue weighted by molar-refractivity contribution is 7.13. The minimum atomic E-state index is -0.288. The van der Waals surface area contributed by atoms with Crippen molar-refractivity contribution < 1.29 is 13.9 Å². The van der Waals surface area contributed by atoms with Crippen LogP contribution in [-0.2, 0) is 16.0 Å². The summed E-state index contributed by atoms with van der Waals surface area (Å²) in [6.07, 6.45) is 2.44. The number of ether oxygens (including phenoxy) is 1. The summed E-state index contributed by atoms with van der Waals surface area (Å²) >= 11 is 1.41. The van der Waals surface area contributed by atoms with Gasteiger partial charge in [-0.15, -0.1) is 11.3 Å². The second-order valence-corrected chi connectivity index (χ2v) is 6.13. The van der Waals surface area contributed by atoms with Crippen molar-refractivity contribution in [3.8, 4) is 10.6 Å². The minimum Gasteiger partial charge on any atom is -0.376 e. The summed E-state index contributed by atoms with van der Waals surface area (Å²) in [6, 6.07) is 6.31. The van der Waals surface area contributed by atoms with E-state index in [-0.39, 0.29) is 24.2 Å². The zero-order valence-electron chi connectivity index (χ0n) is 12.0. The topological polar surface area (TPSA) is 51.2 Å². The van der Waals surface area contributed by atoms with Gasteiger partial charge < -0.3 is 10.1 Å². The maximum atomic E-state index is 13.2. The zero-order chi connectivity index (χ0) is 15.4. The monoisotopic (exact) mass is 320 g/mol. The maximum Gasteiger partial charge on any atom is 0.226 e. The lowest BCUT2D eigenvalue weighted by molar-refractivity contribution is -0.121. The maximum absolute atomic E-state index is 13.2. The molecule has 1 aliphatic rings. The van der Waals surface area contributed by atoms with Gasteiger partial charge in [0.25, 0.3) is 0 Å². The Bertz CT molecular complexity index is 653. The van der Waals surface area contributed by atoms with Gasteiger partial charge >= 0.3 is 0 Å². The number of aromatic nitrogens is 1. The van der Waals surface area contributed by atoms with Crippen molar-refractivity contribution >= 4 is 17.2 Å². The SMILES string of the molecule is O=C(Cc1csc(-c2cccc(F)c2)n1)NCC1CCCO1. The van der Waals surface area contributed by atoms with Gasteiger partial charge in [0, 0.05) is 24.1 Å². The predicted molar refractivity (Wildman–Crippen MR) is 83.2 cm³/mol. The van der Waals surface area contributed by atoms with Crippen LogP contribution in [0.3, 0.4) is 0 Å². The number of halogens is 1. The molecule has 1 amide bonds. The number of benzene rings is 1. The summed E-state index contributed by atoms with van der Waals surface area (Å²) in [5, 5.41) is 5.43. The molecule has 4 nitrogen and oxygen atoms in total. The minimum absolute atomic E-state index is 0.0633. The Balaban J connectivity index is 1.55. The molecule has 1 aromatic carbocycles. The van der Waals surface area contributed by atoms with Crippen molar-refractivity contribution in [2.45, 2.75) is 25.4 Å². The standard InChI is InChI=1S/C16H17FN2O2S/c17-12-4-1-3-11(7-12)16-19-13(10-22-16)8-15(20)18-9-14-5-2-6-21-14/h1,3-4,7,10,14H,2,5-6,8-9H2,(H,18,20). The number of carbonyl (C=O) groups is 1. The van der Waals surface area contributed by atoms with E-state index in [0.717, 1.165) is 30.0 Å². The number of nitrogens with zero attached hydrogens (tertiary/aromatic N) is 1. The molecule has 1 atom stereocenters. The van der Waals surface area contributed by atoms with Crippen LogP contribution in [-0.4, -0.2) is 30.1 Å². The van der Waals surface area contributed by atoms with E-state index in [1.165, 1.54) is 23.5 Å². The van der Waals surface area contributed by atoms with E-state index in [9.17, 15) is 9.18 Å². The molecule has 0 saturated carbocycles. The second-order valence-electron chi connectivity index (χ2n) is 5.27. The summed E-state index contributed by atoms with van der Waals surface area (Å²) in [7, 11) is 0. The van der Waals surface area contributed by atoms with Gasteiger partial charge in [-0.2, -0.15) is 0 Å². The summed E-state index contributed by atoms with van der Waals surface area (Å²) in [5.74, 6) is -0.352. The molecule has 2 heterocycles. The second kappa shape index (κ2) is 6.98. The third-order valence-electron chi connectivity index (χ3n) is 3.52. The van der Waals surface area contributed by atoms with Crippen molar-refractivity contribution in [3.05, 3.63) is 41.2 Å². The first kappa shape index (κ1) is 15.1. The number of carbonyl (C=O) groups excluding carboxylic acids is 1. The van der Waals surface area contributed by atoms with Crippen LogP contribution >= 0.6 is 11.3 Å². The first-order chi connectivity index (χ1) is 10.7. The average molecular weight is 320 g/mol. The third-order valence-corrected chi connectivity index (χ3v) is 4.46. The fraction of sp³-hybridized carbons (Fsp3) is 0.375. The average Bonchev–Trinajstić information content (AvgIpc) is 3.16. The molecule has 0 spiro atoms. The number of thiazole rings is 1. The van der Waals surface area contributed by atoms with Crippen LogP contribution in [0.1, 0.15) is 18.5 Å². The summed E-state index contributed by atoms with van der Waals surface area (Å²) in [6.45, 7) is 1.34. The third kappa shape index (κ3) is 3.90. The lowest BCUT2D eigenvalue weighted by Crippen LogP contribution is -2.32. The molecule has 1 unspecified atom stereocenters. The van der Waals surface area contributed by atoms with E-state index >= 15 is 0 Å². The lowest BCUT2D eigenvalue weighted by atomic mass is 10.2. The van der Waals surface area contributed by atoms with Crippen LogP contribution < -0.4 is 5.32 Å². The van der Waals surface area contributed by atoms with Crippen LogP contribution in [0.4, 0.5) is 4.39 Å². The fourth-order valence-electron chi connectivity index (χ4n) is 2.40. The van der Waals surface area contributed by atoms with Crippen LogP contribution in [0.15, 0.2) is 29.6 Å². The van der Waals surface area contributed by atoms with Gasteiger partial charge in [0.2, 0.25) is 5.91 Å². The zero-order valence-corrected chi connectivity index (χ0v) is 12.9. The fourth-order valence-corrected chi connectivity index (χ4v) is 3.22. The lowest BCUT2D eigenvalue weighted by Gasteiger charge is -2.09. The number of rotatable bonds is 5. The number of nitrogens with one attached hydrogen (secondary N) is 1. The highest BCUT2D eigenvalue weighted by Crippen LogP contribution is 2.24. The Morgan fingerprint density at radius 2 is 2.41 bits per heavy atom. The predicted octanol–water partition coefficient (Wildman–Crippen LogP) is 2.79. The normalized spacial score (nSPS) is 17.6. The first-order valence-electron chi connectivity index (χ1n) is 7.29. The van der Waals surface area contributed by atoms with E-state index in [4.69, 9.17) is 4.74 Å². The van der Waals surface area contributed by atoms with Crippen LogP contribution in [0, 0.1) is 5.82 Å². The molecule has 2 aromatic rings. The van der Waals surface area contributed by atoms with Gasteiger partial charge in [-0.3, -0.25) is 4.79 Å². The van der Waals surface area contributed by atoms with Gasteiger partial charge in [-0.05, 0) is 25.0 Å². The van der Waals surface area contributed by atoms with Gasteiger partial charge in [0.1, 0.15) is 10.8 Å². The van der Waals surface area contributed by atoms with Crippen molar-refractivity contribution in [2.24, 2.45) is 0 Å². The molecule has 3 rings (SSSR count). The molecule has 0 aliphatic carbocycles. The molecule has 0 bridgehead atoms. The van der Waals surface area contributed by atoms with Crippen LogP contribution in [0.25, 0.3) is 10.6 Å². The number of hydrogen-bond acceptors (Lipinski definition) is 4. The van der Waals surface area contributed by atoms with Crippen molar-refractivity contribution in [3.63, 3.8) is 0 Å². The van der Waals surface area contributed by atoms with Crippen molar-refractivity contribution in [1.82, 2.24) is 10.3 Å². The van der Waals surface area contributed by atoms with Crippen molar-refractivity contribution in [2.75, 3.05) is 13.2 Å². The van der Waals surface area contributed by atoms with Gasteiger partial charge in [-0.25, -0.2) is 9.37 Å². The van der Waals surface area contributed by atoms with Crippen molar-refractivity contribution in [1.29, 1.82) is 0 Å². The largest absolute Gasteiger partial charge is 0.376 e. The number of hydrogen-bond donors (Lipinski definition) is 1. The Kier molecular flexibility index (Phi) is 4.80. The smallest absolute Gasteiger partial charge is 0.226 e. The molecule has 1 fully saturated rings. The quantitative estimate of drug-likeness (QED) is 0.921. The summed E-state index contributed by atoms with van der Waals surface area (Å²) < 4.78 is 18.7.